The van der Waals surface area contributed by atoms with Crippen molar-refractivity contribution in [3.05, 3.63) is 29.3 Å². The predicted octanol–water partition coefficient (Wildman–Crippen LogP) is 2.81. The molecule has 0 saturated carbocycles. The van der Waals surface area contributed by atoms with Crippen molar-refractivity contribution < 1.29 is 18.6 Å². The summed E-state index contributed by atoms with van der Waals surface area (Å²) in [5.74, 6) is -2.57. The van der Waals surface area contributed by atoms with Crippen LogP contribution in [-0.4, -0.2) is 55.8 Å². The number of aliphatic hydroxyl groups is 1. The minimum Gasteiger partial charge on any atom is -0.496 e. The fraction of sp³-hybridized carbons (Fsp3) is 0.647. The van der Waals surface area contributed by atoms with Crippen molar-refractivity contribution in [2.45, 2.75) is 31.7 Å². The second kappa shape index (κ2) is 8.94. The summed E-state index contributed by atoms with van der Waals surface area (Å²) in [6.45, 7) is 5.20. The second-order valence-corrected chi connectivity index (χ2v) is 6.26. The number of piperazine rings is 1. The molecule has 0 aromatic heterocycles. The number of rotatable bonds is 6. The van der Waals surface area contributed by atoms with E-state index in [4.69, 9.17) is 4.74 Å². The highest BCUT2D eigenvalue weighted by atomic mass is 35.5. The molecule has 7 heteroatoms. The Balaban J connectivity index is 0.00000288. The van der Waals surface area contributed by atoms with E-state index in [1.54, 1.807) is 17.0 Å². The third kappa shape index (κ3) is 4.57. The van der Waals surface area contributed by atoms with Gasteiger partial charge in [0.25, 0.3) is 5.92 Å². The molecule has 1 aromatic carbocycles. The minimum atomic E-state index is -3.24. The summed E-state index contributed by atoms with van der Waals surface area (Å²) in [5, 5.41) is 12.4. The maximum absolute atomic E-state index is 14.6. The van der Waals surface area contributed by atoms with Crippen molar-refractivity contribution in [2.24, 2.45) is 0 Å². The van der Waals surface area contributed by atoms with Gasteiger partial charge in [0, 0.05) is 31.7 Å². The maximum atomic E-state index is 14.6. The third-order valence-electron chi connectivity index (χ3n) is 4.34. The molecule has 24 heavy (non-hydrogen) atoms. The number of hydrogen-bond acceptors (Lipinski definition) is 4. The first-order valence-corrected chi connectivity index (χ1v) is 8.02. The van der Waals surface area contributed by atoms with Crippen LogP contribution >= 0.6 is 12.4 Å². The molecule has 0 radical (unpaired) electrons. The quantitative estimate of drug-likeness (QED) is 0.814. The summed E-state index contributed by atoms with van der Waals surface area (Å²) >= 11 is 0. The molecule has 1 aromatic rings. The lowest BCUT2D eigenvalue weighted by atomic mass is 9.92. The summed E-state index contributed by atoms with van der Waals surface area (Å²) in [7, 11) is 1.49. The van der Waals surface area contributed by atoms with Crippen molar-refractivity contribution in [3.8, 4) is 5.75 Å². The monoisotopic (exact) mass is 364 g/mol. The molecule has 1 saturated heterocycles. The molecule has 0 spiro atoms. The van der Waals surface area contributed by atoms with Gasteiger partial charge in [-0.05, 0) is 17.5 Å². The van der Waals surface area contributed by atoms with Crippen LogP contribution in [0.15, 0.2) is 18.2 Å². The van der Waals surface area contributed by atoms with Gasteiger partial charge in [-0.1, -0.05) is 26.0 Å². The Labute approximate surface area is 148 Å². The molecule has 1 aliphatic heterocycles. The van der Waals surface area contributed by atoms with E-state index >= 15 is 0 Å². The molecule has 138 valence electrons. The average Bonchev–Trinajstić information content (AvgIpc) is 2.55. The molecule has 0 amide bonds. The summed E-state index contributed by atoms with van der Waals surface area (Å²) in [4.78, 5) is 1.73. The van der Waals surface area contributed by atoms with Gasteiger partial charge in [-0.3, -0.25) is 4.90 Å². The Morgan fingerprint density at radius 1 is 1.29 bits per heavy atom. The fourth-order valence-corrected chi connectivity index (χ4v) is 3.04. The van der Waals surface area contributed by atoms with Crippen LogP contribution in [0.5, 0.6) is 5.75 Å². The smallest absolute Gasteiger partial charge is 0.290 e. The van der Waals surface area contributed by atoms with E-state index in [2.05, 4.69) is 5.32 Å². The van der Waals surface area contributed by atoms with Crippen molar-refractivity contribution in [1.82, 2.24) is 10.2 Å². The first-order valence-electron chi connectivity index (χ1n) is 8.02. The van der Waals surface area contributed by atoms with Crippen LogP contribution in [0.25, 0.3) is 0 Å². The van der Waals surface area contributed by atoms with Gasteiger partial charge in [-0.15, -0.1) is 12.4 Å². The van der Waals surface area contributed by atoms with Gasteiger partial charge >= 0.3 is 0 Å². The van der Waals surface area contributed by atoms with E-state index in [1.807, 2.05) is 19.9 Å². The zero-order valence-corrected chi connectivity index (χ0v) is 15.2. The summed E-state index contributed by atoms with van der Waals surface area (Å²) in [6.07, 6.45) is 0. The highest BCUT2D eigenvalue weighted by molar-refractivity contribution is 5.85. The van der Waals surface area contributed by atoms with Crippen LogP contribution in [0.1, 0.15) is 36.9 Å². The van der Waals surface area contributed by atoms with Gasteiger partial charge in [-0.2, -0.15) is 0 Å². The number of ether oxygens (including phenoxy) is 1. The van der Waals surface area contributed by atoms with Gasteiger partial charge in [0.2, 0.25) is 0 Å². The number of hydrogen-bond donors (Lipinski definition) is 2. The highest BCUT2D eigenvalue weighted by Gasteiger charge is 2.45. The number of alkyl halides is 2. The molecule has 2 rings (SSSR count). The molecule has 2 N–H and O–H groups in total. The van der Waals surface area contributed by atoms with Crippen LogP contribution < -0.4 is 10.1 Å². The van der Waals surface area contributed by atoms with E-state index in [0.29, 0.717) is 37.5 Å². The zero-order chi connectivity index (χ0) is 17.0. The van der Waals surface area contributed by atoms with E-state index in [1.165, 1.54) is 7.11 Å². The second-order valence-electron chi connectivity index (χ2n) is 6.26. The van der Waals surface area contributed by atoms with Gasteiger partial charge in [0.15, 0.2) is 0 Å². The lowest BCUT2D eigenvalue weighted by Gasteiger charge is -2.39. The summed E-state index contributed by atoms with van der Waals surface area (Å²) in [6, 6.07) is 4.25. The normalized spacial score (nSPS) is 17.5. The number of methoxy groups -OCH3 is 1. The van der Waals surface area contributed by atoms with Crippen LogP contribution in [0.2, 0.25) is 0 Å². The lowest BCUT2D eigenvalue weighted by Crippen LogP contribution is -2.51. The summed E-state index contributed by atoms with van der Waals surface area (Å²) < 4.78 is 34.5. The Hall–Kier alpha value is -0.950. The molecular formula is C17H27ClF2N2O2. The Kier molecular flexibility index (Phi) is 7.86. The van der Waals surface area contributed by atoms with Crippen molar-refractivity contribution in [2.75, 3.05) is 39.9 Å². The van der Waals surface area contributed by atoms with E-state index < -0.39 is 18.6 Å². The van der Waals surface area contributed by atoms with Gasteiger partial charge in [-0.25, -0.2) is 8.78 Å². The molecule has 1 fully saturated rings. The fourth-order valence-electron chi connectivity index (χ4n) is 3.04. The standard InChI is InChI=1S/C17H26F2N2O2.ClH/c1-12(2)13-4-5-15(23-3)14(10-13)16(17(18,19)11-22)21-8-6-20-7-9-21;/h4-5,10,12,16,20,22H,6-9,11H2,1-3H3;1H/t16-;/m0./s1. The van der Waals surface area contributed by atoms with E-state index in [9.17, 15) is 13.9 Å². The molecule has 0 unspecified atom stereocenters. The molecule has 1 heterocycles. The minimum absolute atomic E-state index is 0. The third-order valence-corrected chi connectivity index (χ3v) is 4.34. The Morgan fingerprint density at radius 3 is 2.42 bits per heavy atom. The number of nitrogens with one attached hydrogen (secondary N) is 1. The van der Waals surface area contributed by atoms with Crippen LogP contribution in [-0.2, 0) is 0 Å². The Morgan fingerprint density at radius 2 is 1.92 bits per heavy atom. The number of benzene rings is 1. The van der Waals surface area contributed by atoms with Crippen molar-refractivity contribution in [3.63, 3.8) is 0 Å². The Bertz CT molecular complexity index is 523. The largest absolute Gasteiger partial charge is 0.496 e. The highest BCUT2D eigenvalue weighted by Crippen LogP contribution is 2.41. The molecule has 0 bridgehead atoms. The molecule has 1 atom stereocenters. The van der Waals surface area contributed by atoms with Crippen molar-refractivity contribution >= 4 is 12.4 Å². The van der Waals surface area contributed by atoms with Gasteiger partial charge in [0.1, 0.15) is 18.4 Å². The topological polar surface area (TPSA) is 44.7 Å². The molecule has 0 aliphatic carbocycles. The van der Waals surface area contributed by atoms with E-state index in [-0.39, 0.29) is 18.3 Å². The van der Waals surface area contributed by atoms with E-state index in [0.717, 1.165) is 5.56 Å². The van der Waals surface area contributed by atoms with Crippen LogP contribution in [0, 0.1) is 0 Å². The number of halogens is 3. The molecular weight excluding hydrogens is 338 g/mol. The van der Waals surface area contributed by atoms with Crippen LogP contribution in [0.4, 0.5) is 8.78 Å². The van der Waals surface area contributed by atoms with Gasteiger partial charge < -0.3 is 15.2 Å². The van der Waals surface area contributed by atoms with Gasteiger partial charge in [0.05, 0.1) is 7.11 Å². The predicted molar refractivity (Wildman–Crippen MR) is 93.5 cm³/mol. The maximum Gasteiger partial charge on any atom is 0.290 e. The van der Waals surface area contributed by atoms with Crippen molar-refractivity contribution in [1.29, 1.82) is 0 Å². The lowest BCUT2D eigenvalue weighted by molar-refractivity contribution is -0.119. The summed E-state index contributed by atoms with van der Waals surface area (Å²) in [5.41, 5.74) is 1.43. The van der Waals surface area contributed by atoms with Crippen LogP contribution in [0.3, 0.4) is 0 Å². The first kappa shape index (κ1) is 21.1. The first-order chi connectivity index (χ1) is 10.9. The number of aliphatic hydroxyl groups excluding tert-OH is 1. The zero-order valence-electron chi connectivity index (χ0n) is 14.4. The molecule has 4 nitrogen and oxygen atoms in total. The number of nitrogens with zero attached hydrogens (tertiary/aromatic N) is 1. The SMILES string of the molecule is COc1ccc(C(C)C)cc1[C@H](N1CCNCC1)C(F)(F)CO.Cl. The molecule has 1 aliphatic rings. The average molecular weight is 365 g/mol.